The number of halogens is 1. The Bertz CT molecular complexity index is 1170. The van der Waals surface area contributed by atoms with Gasteiger partial charge in [0, 0.05) is 24.0 Å². The molecule has 1 aliphatic rings. The lowest BCUT2D eigenvalue weighted by Gasteiger charge is -2.31. The van der Waals surface area contributed by atoms with E-state index >= 15 is 0 Å². The average molecular weight is 414 g/mol. The van der Waals surface area contributed by atoms with Crippen LogP contribution in [-0.2, 0) is 4.79 Å². The highest BCUT2D eigenvalue weighted by Crippen LogP contribution is 2.29. The molecule has 5 rings (SSSR count). The summed E-state index contributed by atoms with van der Waals surface area (Å²) in [5, 5.41) is 16.6. The number of hydrogen-bond acceptors (Lipinski definition) is 7. The molecule has 4 aromatic rings. The van der Waals surface area contributed by atoms with Gasteiger partial charge in [0.25, 0.3) is 0 Å². The second kappa shape index (κ2) is 6.99. The lowest BCUT2D eigenvalue weighted by Crippen LogP contribution is -2.38. The summed E-state index contributed by atoms with van der Waals surface area (Å²) in [6, 6.07) is 9.37. The van der Waals surface area contributed by atoms with Crippen molar-refractivity contribution in [2.24, 2.45) is 5.92 Å². The zero-order valence-corrected chi connectivity index (χ0v) is 16.3. The van der Waals surface area contributed by atoms with Gasteiger partial charge >= 0.3 is 0 Å². The molecule has 0 atom stereocenters. The van der Waals surface area contributed by atoms with Gasteiger partial charge in [-0.15, -0.1) is 15.3 Å². The largest absolute Gasteiger partial charge is 0.355 e. The highest BCUT2D eigenvalue weighted by Gasteiger charge is 2.26. The van der Waals surface area contributed by atoms with E-state index in [-0.39, 0.29) is 11.8 Å². The summed E-state index contributed by atoms with van der Waals surface area (Å²) in [5.41, 5.74) is 1.56. The number of amides is 1. The van der Waals surface area contributed by atoms with Crippen molar-refractivity contribution in [3.8, 4) is 0 Å². The molecular weight excluding hydrogens is 398 g/mol. The normalized spacial score (nSPS) is 15.4. The Labute approximate surface area is 169 Å². The van der Waals surface area contributed by atoms with Gasteiger partial charge in [0.15, 0.2) is 10.8 Å². The molecule has 0 radical (unpaired) electrons. The van der Waals surface area contributed by atoms with Gasteiger partial charge in [-0.25, -0.2) is 4.98 Å². The Morgan fingerprint density at radius 2 is 2.07 bits per heavy atom. The van der Waals surface area contributed by atoms with Gasteiger partial charge in [0.05, 0.1) is 10.2 Å². The van der Waals surface area contributed by atoms with Gasteiger partial charge in [-0.1, -0.05) is 22.9 Å². The average Bonchev–Trinajstić information content (AvgIpc) is 3.33. The molecule has 1 saturated heterocycles. The third-order valence-electron chi connectivity index (χ3n) is 4.92. The molecule has 0 aliphatic carbocycles. The number of carbonyl (C=O) groups excluding carboxylic acids is 1. The van der Waals surface area contributed by atoms with Gasteiger partial charge in [-0.3, -0.25) is 4.79 Å². The van der Waals surface area contributed by atoms with Crippen molar-refractivity contribution in [3.05, 3.63) is 41.7 Å². The lowest BCUT2D eigenvalue weighted by molar-refractivity contribution is -0.120. The van der Waals surface area contributed by atoms with Gasteiger partial charge in [0.2, 0.25) is 5.91 Å². The fourth-order valence-electron chi connectivity index (χ4n) is 3.42. The van der Waals surface area contributed by atoms with Gasteiger partial charge in [0.1, 0.15) is 12.1 Å². The van der Waals surface area contributed by atoms with Crippen LogP contribution in [0.15, 0.2) is 36.7 Å². The van der Waals surface area contributed by atoms with Crippen LogP contribution in [-0.4, -0.2) is 43.8 Å². The van der Waals surface area contributed by atoms with Crippen molar-refractivity contribution in [3.63, 3.8) is 0 Å². The van der Waals surface area contributed by atoms with Crippen molar-refractivity contribution >= 4 is 55.7 Å². The number of nitrogens with zero attached hydrogens (tertiary/aromatic N) is 6. The molecule has 142 valence electrons. The van der Waals surface area contributed by atoms with Crippen LogP contribution >= 0.6 is 22.9 Å². The second-order valence-corrected chi connectivity index (χ2v) is 8.17. The fourth-order valence-corrected chi connectivity index (χ4v) is 4.56. The van der Waals surface area contributed by atoms with Crippen molar-refractivity contribution in [2.45, 2.75) is 12.8 Å². The van der Waals surface area contributed by atoms with E-state index in [2.05, 4.69) is 30.5 Å². The fraction of sp³-hybridized carbons (Fsp3) is 0.278. The van der Waals surface area contributed by atoms with Gasteiger partial charge in [-0.05, 0) is 43.2 Å². The number of aromatic nitrogens is 5. The number of rotatable bonds is 3. The molecule has 28 heavy (non-hydrogen) atoms. The molecule has 10 heteroatoms. The summed E-state index contributed by atoms with van der Waals surface area (Å²) in [6.07, 6.45) is 3.12. The topological polar surface area (TPSA) is 88.3 Å². The smallest absolute Gasteiger partial charge is 0.229 e. The maximum absolute atomic E-state index is 12.7. The monoisotopic (exact) mass is 413 g/mol. The Kier molecular flexibility index (Phi) is 4.33. The van der Waals surface area contributed by atoms with E-state index < -0.39 is 0 Å². The van der Waals surface area contributed by atoms with Crippen molar-refractivity contribution < 1.29 is 4.79 Å². The standard InChI is InChI=1S/C18H16ClN7OS/c19-12-1-2-13-14(9-12)28-18(21-13)22-17(27)11-5-7-25(8-6-11)16-4-3-15-23-20-10-26(15)24-16/h1-4,9-11H,5-8H2,(H,21,22,27). The number of carbonyl (C=O) groups is 1. The molecule has 8 nitrogen and oxygen atoms in total. The lowest BCUT2D eigenvalue weighted by atomic mass is 9.96. The predicted octanol–water partition coefficient (Wildman–Crippen LogP) is 3.24. The summed E-state index contributed by atoms with van der Waals surface area (Å²) >= 11 is 7.46. The zero-order valence-electron chi connectivity index (χ0n) is 14.7. The second-order valence-electron chi connectivity index (χ2n) is 6.71. The van der Waals surface area contributed by atoms with Crippen molar-refractivity contribution in [1.29, 1.82) is 0 Å². The molecule has 0 saturated carbocycles. The molecule has 1 amide bonds. The molecule has 1 aliphatic heterocycles. The molecule has 4 heterocycles. The van der Waals surface area contributed by atoms with Crippen LogP contribution in [0, 0.1) is 5.92 Å². The number of hydrogen-bond donors (Lipinski definition) is 1. The summed E-state index contributed by atoms with van der Waals surface area (Å²) in [5.74, 6) is 0.853. The van der Waals surface area contributed by atoms with Gasteiger partial charge < -0.3 is 10.2 Å². The maximum Gasteiger partial charge on any atom is 0.229 e. The minimum atomic E-state index is -0.0366. The zero-order chi connectivity index (χ0) is 19.1. The molecule has 0 unspecified atom stereocenters. The van der Waals surface area contributed by atoms with Crippen LogP contribution in [0.3, 0.4) is 0 Å². The molecule has 0 spiro atoms. The summed E-state index contributed by atoms with van der Waals surface area (Å²) in [4.78, 5) is 19.3. The first-order valence-corrected chi connectivity index (χ1v) is 10.1. The van der Waals surface area contributed by atoms with Crippen molar-refractivity contribution in [1.82, 2.24) is 24.8 Å². The Hall–Kier alpha value is -2.78. The first-order valence-electron chi connectivity index (χ1n) is 8.95. The quantitative estimate of drug-likeness (QED) is 0.554. The molecule has 0 bridgehead atoms. The van der Waals surface area contributed by atoms with Crippen LogP contribution in [0.1, 0.15) is 12.8 Å². The van der Waals surface area contributed by atoms with Crippen molar-refractivity contribution in [2.75, 3.05) is 23.3 Å². The van der Waals surface area contributed by atoms with Crippen LogP contribution < -0.4 is 10.2 Å². The summed E-state index contributed by atoms with van der Waals surface area (Å²) in [6.45, 7) is 1.54. The minimum Gasteiger partial charge on any atom is -0.355 e. The minimum absolute atomic E-state index is 0.0204. The molecule has 1 fully saturated rings. The first-order chi connectivity index (χ1) is 13.7. The van der Waals surface area contributed by atoms with Gasteiger partial charge in [-0.2, -0.15) is 4.52 Å². The number of nitrogens with one attached hydrogen (secondary N) is 1. The third kappa shape index (κ3) is 3.27. The van der Waals surface area contributed by atoms with E-state index in [9.17, 15) is 4.79 Å². The number of thiazole rings is 1. The summed E-state index contributed by atoms with van der Waals surface area (Å²) < 4.78 is 2.63. The van der Waals surface area contributed by atoms with Crippen LogP contribution in [0.25, 0.3) is 15.9 Å². The molecule has 3 aromatic heterocycles. The Morgan fingerprint density at radius 1 is 1.21 bits per heavy atom. The predicted molar refractivity (Wildman–Crippen MR) is 109 cm³/mol. The highest BCUT2D eigenvalue weighted by molar-refractivity contribution is 7.22. The highest BCUT2D eigenvalue weighted by atomic mass is 35.5. The van der Waals surface area contributed by atoms with E-state index in [0.717, 1.165) is 47.6 Å². The van der Waals surface area contributed by atoms with E-state index in [4.69, 9.17) is 11.6 Å². The molecular formula is C18H16ClN7OS. The third-order valence-corrected chi connectivity index (χ3v) is 6.09. The Morgan fingerprint density at radius 3 is 2.93 bits per heavy atom. The Balaban J connectivity index is 1.23. The number of piperidine rings is 1. The van der Waals surface area contributed by atoms with E-state index in [1.165, 1.54) is 11.3 Å². The maximum atomic E-state index is 12.7. The van der Waals surface area contributed by atoms with E-state index in [0.29, 0.717) is 10.2 Å². The van der Waals surface area contributed by atoms with E-state index in [1.807, 2.05) is 24.3 Å². The van der Waals surface area contributed by atoms with Crippen LogP contribution in [0.2, 0.25) is 5.02 Å². The molecule has 1 N–H and O–H groups in total. The SMILES string of the molecule is O=C(Nc1nc2ccc(Cl)cc2s1)C1CCN(c2ccc3nncn3n2)CC1. The van der Waals surface area contributed by atoms with Crippen LogP contribution in [0.5, 0.6) is 0 Å². The number of anilines is 2. The van der Waals surface area contributed by atoms with Crippen LogP contribution in [0.4, 0.5) is 10.9 Å². The first kappa shape index (κ1) is 17.3. The van der Waals surface area contributed by atoms with E-state index in [1.54, 1.807) is 16.9 Å². The molecule has 1 aromatic carbocycles. The number of fused-ring (bicyclic) bond motifs is 2. The number of benzene rings is 1. The summed E-state index contributed by atoms with van der Waals surface area (Å²) in [7, 11) is 0.